The number of aromatic nitrogens is 3. The third-order valence-electron chi connectivity index (χ3n) is 24.4. The van der Waals surface area contributed by atoms with Gasteiger partial charge in [-0.1, -0.05) is 158 Å². The molecule has 0 aliphatic heterocycles. The van der Waals surface area contributed by atoms with Crippen molar-refractivity contribution in [3.63, 3.8) is 0 Å². The van der Waals surface area contributed by atoms with E-state index in [1.807, 2.05) is 90.7 Å². The van der Waals surface area contributed by atoms with Crippen LogP contribution in [0.5, 0.6) is 0 Å². The predicted octanol–water partition coefficient (Wildman–Crippen LogP) is 31.3. The van der Waals surface area contributed by atoms with Gasteiger partial charge in [-0.05, 0) is 219 Å². The summed E-state index contributed by atoms with van der Waals surface area (Å²) >= 11 is 16.5. The summed E-state index contributed by atoms with van der Waals surface area (Å²) in [5.41, 5.74) is 15.0. The molecule has 10 aromatic heterocycles. The molecule has 13 rings (SSSR count). The van der Waals surface area contributed by atoms with E-state index in [1.165, 1.54) is 183 Å². The van der Waals surface area contributed by atoms with Crippen molar-refractivity contribution < 1.29 is 37.9 Å². The quantitative estimate of drug-likeness (QED) is 0.0342. The number of hydrogen-bond acceptors (Lipinski definition) is 19. The van der Waals surface area contributed by atoms with Crippen LogP contribution >= 0.6 is 102 Å². The Balaban J connectivity index is 0.789. The molecule has 10 heterocycles. The number of rotatable bonds is 58. The fraction of sp³-hybridized carbons (Fsp3) is 0.510. The Morgan fingerprint density at radius 1 is 0.287 bits per heavy atom. The van der Waals surface area contributed by atoms with Gasteiger partial charge in [0.15, 0.2) is 0 Å². The number of benzene rings is 3. The van der Waals surface area contributed by atoms with E-state index in [0.717, 1.165) is 158 Å². The number of aryl methyl sites for hydroxylation is 1. The van der Waals surface area contributed by atoms with Crippen LogP contribution in [-0.2, 0) is 81.0 Å². The van der Waals surface area contributed by atoms with E-state index in [0.29, 0.717) is 79.3 Å². The number of thiophene rings is 8. The molecule has 0 atom stereocenters. The molecule has 0 radical (unpaired) electrons. The average molecular weight is 1820 g/mol. The van der Waals surface area contributed by atoms with E-state index < -0.39 is 0 Å². The molecule has 0 bridgehead atoms. The Hall–Kier alpha value is -5.44. The lowest BCUT2D eigenvalue weighted by Gasteiger charge is -2.27. The minimum absolute atomic E-state index is 0.122. The maximum absolute atomic E-state index is 6.36. The molecule has 0 aliphatic carbocycles. The van der Waals surface area contributed by atoms with E-state index in [-0.39, 0.29) is 10.8 Å². The lowest BCUT2D eigenvalue weighted by molar-refractivity contribution is 0.0479. The maximum Gasteiger partial charge on any atom is 0.114 e. The summed E-state index contributed by atoms with van der Waals surface area (Å²) in [6, 6.07) is 47.9. The second-order valence-electron chi connectivity index (χ2n) is 32.9. The van der Waals surface area contributed by atoms with E-state index >= 15 is 0 Å². The van der Waals surface area contributed by atoms with Crippen LogP contribution in [0.25, 0.3) is 123 Å². The van der Waals surface area contributed by atoms with Gasteiger partial charge in [-0.15, -0.1) is 90.7 Å². The van der Waals surface area contributed by atoms with Gasteiger partial charge in [0.25, 0.3) is 0 Å². The average Bonchev–Trinajstić information content (AvgIpc) is 1.60. The molecular formula is C102H131N3O8S9. The largest absolute Gasteiger partial charge is 0.379 e. The smallest absolute Gasteiger partial charge is 0.114 e. The highest BCUT2D eigenvalue weighted by atomic mass is 32.1. The highest BCUT2D eigenvalue weighted by molar-refractivity contribution is 7.30. The lowest BCUT2D eigenvalue weighted by Crippen LogP contribution is -2.19. The van der Waals surface area contributed by atoms with E-state index in [1.54, 1.807) is 0 Å². The molecule has 0 spiro atoms. The first-order chi connectivity index (χ1) is 59.9. The number of ether oxygens (including phenoxy) is 8. The first-order valence-corrected chi connectivity index (χ1v) is 53.0. The summed E-state index contributed by atoms with van der Waals surface area (Å²) in [6.07, 6.45) is 24.1. The minimum Gasteiger partial charge on any atom is -0.379 e. The van der Waals surface area contributed by atoms with Crippen molar-refractivity contribution in [2.45, 2.75) is 235 Å². The molecule has 0 N–H and O–H groups in total. The molecule has 656 valence electrons. The van der Waals surface area contributed by atoms with Crippen molar-refractivity contribution in [2.75, 3.05) is 106 Å². The van der Waals surface area contributed by atoms with Gasteiger partial charge in [0.1, 0.15) is 11.0 Å². The van der Waals surface area contributed by atoms with Crippen LogP contribution in [0.4, 0.5) is 0 Å². The Labute approximate surface area is 764 Å². The normalized spacial score (nSPS) is 12.3. The SMILES string of the molecule is CCCCCCCCn1c2ccc(-c3cc(CCOCCOCCCC)c(-c4ccc(-c5ccc(-c6sc(-c7ccc(-c8cc(CCOCCOCCCC)c(-c9ccc(-c%10ccc(-c%11sc(C(C)(CC)CC)cc%11CCOCCOCCCC)s%10)s9)s8)c8nsnc78)cc6CCOCCOCCCC)s5)s4)s3)cc2c2cc(C(C)(CC)CC)ccc21. The monoisotopic (exact) mass is 1810 g/mol. The topological polar surface area (TPSA) is 105 Å². The molecular weight excluding hydrogens is 1680 g/mol. The second-order valence-corrected chi connectivity index (χ2v) is 41.9. The van der Waals surface area contributed by atoms with Crippen LogP contribution in [0.15, 0.2) is 121 Å². The zero-order chi connectivity index (χ0) is 85.1. The summed E-state index contributed by atoms with van der Waals surface area (Å²) in [7, 11) is 0. The van der Waals surface area contributed by atoms with Gasteiger partial charge < -0.3 is 42.5 Å². The van der Waals surface area contributed by atoms with Crippen molar-refractivity contribution in [2.24, 2.45) is 0 Å². The summed E-state index contributed by atoms with van der Waals surface area (Å²) in [4.78, 5) is 20.6. The van der Waals surface area contributed by atoms with Crippen molar-refractivity contribution in [3.8, 4) is 89.8 Å². The van der Waals surface area contributed by atoms with Gasteiger partial charge in [0, 0.05) is 149 Å². The molecule has 0 saturated heterocycles. The lowest BCUT2D eigenvalue weighted by atomic mass is 9.77. The fourth-order valence-electron chi connectivity index (χ4n) is 15.8. The van der Waals surface area contributed by atoms with Crippen molar-refractivity contribution in [1.82, 2.24) is 13.3 Å². The van der Waals surface area contributed by atoms with E-state index in [2.05, 4.69) is 202 Å². The van der Waals surface area contributed by atoms with Crippen molar-refractivity contribution in [1.29, 1.82) is 0 Å². The standard InChI is InChI=1S/C102H131N3O8S9/c1-12-21-26-27-28-29-48-105-81-34-30-71(65-79(81)80-70-76(31-35-82(80)105)101(10,17-6)18-7)91-66-72(44-53-110-61-57-106-49-22-13-2)97(118-91)87-40-36-83(114-87)84-37-41-88(115-84)98-73(45-54-111-62-58-107-50-23-14-3)67-92(119-98)77-32-33-78(96-95(77)103-122-104-96)93-68-74(46-55-112-63-59-108-51-24-15-4)99(120-93)89-42-38-85(116-89)86-39-43-90(117-86)100-75(47-56-113-64-60-109-52-25-16-5)69-94(121-100)102(11,19-8)20-9/h30-43,65-70H,12-29,44-64H2,1-11H3. The van der Waals surface area contributed by atoms with Crippen LogP contribution < -0.4 is 0 Å². The first kappa shape index (κ1) is 94.2. The minimum atomic E-state index is 0.122. The highest BCUT2D eigenvalue weighted by Gasteiger charge is 2.30. The number of hydrogen-bond donors (Lipinski definition) is 0. The molecule has 11 nitrogen and oxygen atoms in total. The third kappa shape index (κ3) is 24.1. The number of nitrogens with zero attached hydrogens (tertiary/aromatic N) is 3. The molecule has 0 unspecified atom stereocenters. The Bertz CT molecular complexity index is 5310. The summed E-state index contributed by atoms with van der Waals surface area (Å²) in [6.45, 7) is 36.8. The molecule has 20 heteroatoms. The molecule has 0 amide bonds. The Kier molecular flexibility index (Phi) is 37.1. The van der Waals surface area contributed by atoms with Gasteiger partial charge in [-0.2, -0.15) is 8.75 Å². The summed E-state index contributed by atoms with van der Waals surface area (Å²) < 4.78 is 61.8. The molecule has 13 aromatic rings. The third-order valence-corrected chi connectivity index (χ3v) is 35.5. The molecule has 0 fully saturated rings. The van der Waals surface area contributed by atoms with Crippen LogP contribution in [0, 0.1) is 0 Å². The van der Waals surface area contributed by atoms with Crippen molar-refractivity contribution in [3.05, 3.63) is 154 Å². The van der Waals surface area contributed by atoms with Crippen LogP contribution in [-0.4, -0.2) is 119 Å². The maximum atomic E-state index is 6.36. The summed E-state index contributed by atoms with van der Waals surface area (Å²) in [5.74, 6) is 0. The highest BCUT2D eigenvalue weighted by Crippen LogP contribution is 2.53. The van der Waals surface area contributed by atoms with E-state index in [9.17, 15) is 0 Å². The zero-order valence-corrected chi connectivity index (χ0v) is 81.8. The van der Waals surface area contributed by atoms with Gasteiger partial charge in [0.05, 0.1) is 91.0 Å². The second kappa shape index (κ2) is 48.1. The van der Waals surface area contributed by atoms with Gasteiger partial charge in [-0.3, -0.25) is 0 Å². The molecule has 0 aliphatic rings. The van der Waals surface area contributed by atoms with Gasteiger partial charge >= 0.3 is 0 Å². The van der Waals surface area contributed by atoms with Gasteiger partial charge in [0.2, 0.25) is 0 Å². The molecule has 122 heavy (non-hydrogen) atoms. The first-order valence-electron chi connectivity index (χ1n) is 45.7. The van der Waals surface area contributed by atoms with Crippen LogP contribution in [0.3, 0.4) is 0 Å². The van der Waals surface area contributed by atoms with Crippen LogP contribution in [0.1, 0.15) is 224 Å². The van der Waals surface area contributed by atoms with Crippen molar-refractivity contribution >= 4 is 135 Å². The fourth-order valence-corrected chi connectivity index (χ4v) is 26.3. The number of unbranched alkanes of at least 4 members (excludes halogenated alkanes) is 9. The number of fused-ring (bicyclic) bond motifs is 4. The molecule has 3 aromatic carbocycles. The zero-order valence-electron chi connectivity index (χ0n) is 74.4. The Morgan fingerprint density at radius 3 is 1.04 bits per heavy atom. The van der Waals surface area contributed by atoms with Gasteiger partial charge in [-0.25, -0.2) is 0 Å². The summed E-state index contributed by atoms with van der Waals surface area (Å²) in [5, 5.41) is 2.73. The van der Waals surface area contributed by atoms with Crippen LogP contribution in [0.2, 0.25) is 0 Å². The molecule has 0 saturated carbocycles. The Morgan fingerprint density at radius 2 is 0.631 bits per heavy atom. The predicted molar refractivity (Wildman–Crippen MR) is 533 cm³/mol. The van der Waals surface area contributed by atoms with E-state index in [4.69, 9.17) is 46.6 Å².